The first-order valence-electron chi connectivity index (χ1n) is 5.82. The third-order valence-corrected chi connectivity index (χ3v) is 3.29. The molecule has 0 saturated heterocycles. The van der Waals surface area contributed by atoms with Crippen molar-refractivity contribution in [2.75, 3.05) is 5.73 Å². The average Bonchev–Trinajstić information content (AvgIpc) is 2.34. The third-order valence-electron chi connectivity index (χ3n) is 2.70. The van der Waals surface area contributed by atoms with Crippen LogP contribution >= 0.6 is 23.2 Å². The van der Waals surface area contributed by atoms with Gasteiger partial charge in [0, 0.05) is 5.56 Å². The van der Waals surface area contributed by atoms with E-state index in [0.717, 1.165) is 18.4 Å². The summed E-state index contributed by atoms with van der Waals surface area (Å²) < 4.78 is 0. The van der Waals surface area contributed by atoms with E-state index in [1.807, 2.05) is 12.1 Å². The van der Waals surface area contributed by atoms with Gasteiger partial charge in [0.1, 0.15) is 5.82 Å². The predicted octanol–water partition coefficient (Wildman–Crippen LogP) is 4.59. The number of aromatic nitrogens is 1. The summed E-state index contributed by atoms with van der Waals surface area (Å²) in [4.78, 5) is 4.26. The standard InChI is InChI=1S/C14H14Cl2N2/c1-2-4-9-5-3-6-10(7-9)13-11(15)8-12(16)14(17)18-13/h3,5-8H,2,4H2,1H3,(H2,17,18). The van der Waals surface area contributed by atoms with Crippen LogP contribution in [-0.2, 0) is 6.42 Å². The summed E-state index contributed by atoms with van der Waals surface area (Å²) in [7, 11) is 0. The number of hydrogen-bond acceptors (Lipinski definition) is 2. The fraction of sp³-hybridized carbons (Fsp3) is 0.214. The quantitative estimate of drug-likeness (QED) is 0.893. The number of benzene rings is 1. The molecule has 0 aliphatic carbocycles. The van der Waals surface area contributed by atoms with Gasteiger partial charge in [0.2, 0.25) is 0 Å². The summed E-state index contributed by atoms with van der Waals surface area (Å²) in [6.07, 6.45) is 2.14. The normalized spacial score (nSPS) is 10.6. The molecule has 0 aliphatic heterocycles. The molecule has 2 aromatic rings. The molecule has 0 fully saturated rings. The van der Waals surface area contributed by atoms with Crippen molar-refractivity contribution in [1.29, 1.82) is 0 Å². The molecule has 1 heterocycles. The number of nitrogen functional groups attached to an aromatic ring is 1. The lowest BCUT2D eigenvalue weighted by atomic mass is 10.0. The summed E-state index contributed by atoms with van der Waals surface area (Å²) in [5, 5.41) is 0.899. The number of nitrogens with zero attached hydrogens (tertiary/aromatic N) is 1. The zero-order chi connectivity index (χ0) is 13.1. The minimum absolute atomic E-state index is 0.303. The Morgan fingerprint density at radius 2 is 1.94 bits per heavy atom. The summed E-state index contributed by atoms with van der Waals surface area (Å²) >= 11 is 12.0. The van der Waals surface area contributed by atoms with Crippen molar-refractivity contribution in [2.24, 2.45) is 0 Å². The maximum atomic E-state index is 6.16. The van der Waals surface area contributed by atoms with Crippen molar-refractivity contribution in [1.82, 2.24) is 4.98 Å². The molecular weight excluding hydrogens is 267 g/mol. The topological polar surface area (TPSA) is 38.9 Å². The lowest BCUT2D eigenvalue weighted by Crippen LogP contribution is -1.95. The van der Waals surface area contributed by atoms with Crippen molar-refractivity contribution in [3.8, 4) is 11.3 Å². The second-order valence-corrected chi connectivity index (χ2v) is 4.95. The first-order chi connectivity index (χ1) is 8.61. The Morgan fingerprint density at radius 3 is 2.67 bits per heavy atom. The molecule has 2 nitrogen and oxygen atoms in total. The molecule has 0 spiro atoms. The Kier molecular flexibility index (Phi) is 4.10. The Labute approximate surface area is 117 Å². The van der Waals surface area contributed by atoms with Crippen molar-refractivity contribution in [3.05, 3.63) is 45.9 Å². The third kappa shape index (κ3) is 2.77. The fourth-order valence-electron chi connectivity index (χ4n) is 1.85. The van der Waals surface area contributed by atoms with Gasteiger partial charge in [-0.25, -0.2) is 4.98 Å². The molecule has 4 heteroatoms. The SMILES string of the molecule is CCCc1cccc(-c2nc(N)c(Cl)cc2Cl)c1. The van der Waals surface area contributed by atoms with Gasteiger partial charge in [0.25, 0.3) is 0 Å². The molecule has 2 rings (SSSR count). The van der Waals surface area contributed by atoms with Crippen LogP contribution in [0.3, 0.4) is 0 Å². The van der Waals surface area contributed by atoms with E-state index in [-0.39, 0.29) is 0 Å². The fourth-order valence-corrected chi connectivity index (χ4v) is 2.31. The summed E-state index contributed by atoms with van der Waals surface area (Å²) in [5.41, 5.74) is 8.63. The summed E-state index contributed by atoms with van der Waals surface area (Å²) in [6, 6.07) is 9.79. The molecule has 2 N–H and O–H groups in total. The monoisotopic (exact) mass is 280 g/mol. The van der Waals surface area contributed by atoms with Crippen LogP contribution in [0.4, 0.5) is 5.82 Å². The Bertz CT molecular complexity index is 568. The van der Waals surface area contributed by atoms with Gasteiger partial charge in [-0.2, -0.15) is 0 Å². The van der Waals surface area contributed by atoms with Crippen molar-refractivity contribution < 1.29 is 0 Å². The van der Waals surface area contributed by atoms with E-state index in [1.165, 1.54) is 5.56 Å². The zero-order valence-electron chi connectivity index (χ0n) is 10.1. The van der Waals surface area contributed by atoms with Crippen LogP contribution in [0.5, 0.6) is 0 Å². The van der Waals surface area contributed by atoms with E-state index in [9.17, 15) is 0 Å². The average molecular weight is 281 g/mol. The van der Waals surface area contributed by atoms with Gasteiger partial charge in [-0.1, -0.05) is 54.7 Å². The number of aryl methyl sites for hydroxylation is 1. The first kappa shape index (κ1) is 13.2. The minimum Gasteiger partial charge on any atom is -0.382 e. The molecule has 18 heavy (non-hydrogen) atoms. The lowest BCUT2D eigenvalue weighted by Gasteiger charge is -2.08. The van der Waals surface area contributed by atoms with Crippen LogP contribution in [0.25, 0.3) is 11.3 Å². The number of anilines is 1. The zero-order valence-corrected chi connectivity index (χ0v) is 11.6. The van der Waals surface area contributed by atoms with E-state index < -0.39 is 0 Å². The summed E-state index contributed by atoms with van der Waals surface area (Å²) in [6.45, 7) is 2.15. The molecule has 0 saturated carbocycles. The summed E-state index contributed by atoms with van der Waals surface area (Å²) in [5.74, 6) is 0.303. The first-order valence-corrected chi connectivity index (χ1v) is 6.58. The minimum atomic E-state index is 0.303. The van der Waals surface area contributed by atoms with Crippen molar-refractivity contribution in [2.45, 2.75) is 19.8 Å². The highest BCUT2D eigenvalue weighted by molar-refractivity contribution is 6.37. The molecular formula is C14H14Cl2N2. The van der Waals surface area contributed by atoms with E-state index in [1.54, 1.807) is 6.07 Å². The van der Waals surface area contributed by atoms with Gasteiger partial charge in [-0.15, -0.1) is 0 Å². The van der Waals surface area contributed by atoms with Gasteiger partial charge >= 0.3 is 0 Å². The smallest absolute Gasteiger partial charge is 0.143 e. The van der Waals surface area contributed by atoms with Gasteiger partial charge in [0.05, 0.1) is 15.7 Å². The Morgan fingerprint density at radius 1 is 1.17 bits per heavy atom. The van der Waals surface area contributed by atoms with E-state index in [0.29, 0.717) is 21.6 Å². The van der Waals surface area contributed by atoms with Crippen LogP contribution in [0, 0.1) is 0 Å². The van der Waals surface area contributed by atoms with E-state index in [4.69, 9.17) is 28.9 Å². The van der Waals surface area contributed by atoms with E-state index in [2.05, 4.69) is 24.0 Å². The van der Waals surface area contributed by atoms with Gasteiger partial charge < -0.3 is 5.73 Å². The van der Waals surface area contributed by atoms with Crippen LogP contribution in [0.2, 0.25) is 10.0 Å². The largest absolute Gasteiger partial charge is 0.382 e. The van der Waals surface area contributed by atoms with Gasteiger partial charge in [-0.3, -0.25) is 0 Å². The molecule has 1 aromatic heterocycles. The predicted molar refractivity (Wildman–Crippen MR) is 78.1 cm³/mol. The molecule has 0 bridgehead atoms. The number of rotatable bonds is 3. The van der Waals surface area contributed by atoms with Gasteiger partial charge in [-0.05, 0) is 24.1 Å². The highest BCUT2D eigenvalue weighted by atomic mass is 35.5. The van der Waals surface area contributed by atoms with Gasteiger partial charge in [0.15, 0.2) is 0 Å². The molecule has 0 radical (unpaired) electrons. The molecule has 0 unspecified atom stereocenters. The molecule has 0 atom stereocenters. The number of nitrogens with two attached hydrogens (primary N) is 1. The molecule has 1 aromatic carbocycles. The molecule has 94 valence electrons. The second kappa shape index (κ2) is 5.59. The van der Waals surface area contributed by atoms with Crippen LogP contribution in [-0.4, -0.2) is 4.98 Å². The Hall–Kier alpha value is -1.25. The lowest BCUT2D eigenvalue weighted by molar-refractivity contribution is 0.922. The molecule has 0 aliphatic rings. The van der Waals surface area contributed by atoms with Crippen LogP contribution in [0.15, 0.2) is 30.3 Å². The highest BCUT2D eigenvalue weighted by Gasteiger charge is 2.09. The number of halogens is 2. The van der Waals surface area contributed by atoms with Crippen molar-refractivity contribution >= 4 is 29.0 Å². The van der Waals surface area contributed by atoms with Crippen LogP contribution < -0.4 is 5.73 Å². The van der Waals surface area contributed by atoms with Crippen molar-refractivity contribution in [3.63, 3.8) is 0 Å². The highest BCUT2D eigenvalue weighted by Crippen LogP contribution is 2.31. The number of pyridine rings is 1. The Balaban J connectivity index is 2.48. The van der Waals surface area contributed by atoms with E-state index >= 15 is 0 Å². The molecule has 0 amide bonds. The maximum Gasteiger partial charge on any atom is 0.143 e. The number of hydrogen-bond donors (Lipinski definition) is 1. The second-order valence-electron chi connectivity index (χ2n) is 4.14. The maximum absolute atomic E-state index is 6.16. The van der Waals surface area contributed by atoms with Crippen LogP contribution in [0.1, 0.15) is 18.9 Å².